The summed E-state index contributed by atoms with van der Waals surface area (Å²) in [4.78, 5) is 25.7. The summed E-state index contributed by atoms with van der Waals surface area (Å²) in [5, 5.41) is 0. The lowest BCUT2D eigenvalue weighted by Crippen LogP contribution is -2.26. The average Bonchev–Trinajstić information content (AvgIpc) is 2.00. The van der Waals surface area contributed by atoms with Crippen molar-refractivity contribution >= 4 is 11.9 Å². The van der Waals surface area contributed by atoms with E-state index in [9.17, 15) is 9.59 Å². The van der Waals surface area contributed by atoms with Gasteiger partial charge in [-0.3, -0.25) is 4.79 Å². The summed E-state index contributed by atoms with van der Waals surface area (Å²) in [7, 11) is 0. The zero-order valence-electron chi connectivity index (χ0n) is 6.92. The lowest BCUT2D eigenvalue weighted by molar-refractivity contribution is -0.156. The van der Waals surface area contributed by atoms with Crippen LogP contribution in [0.4, 0.5) is 0 Å². The van der Waals surface area contributed by atoms with Gasteiger partial charge in [0.2, 0.25) is 0 Å². The number of hydrogen-bond acceptors (Lipinski definition) is 3. The van der Waals surface area contributed by atoms with Crippen LogP contribution in [0, 0.1) is 0 Å². The van der Waals surface area contributed by atoms with Gasteiger partial charge < -0.3 is 4.84 Å². The van der Waals surface area contributed by atoms with Crippen molar-refractivity contribution in [3.05, 3.63) is 24.8 Å². The Balaban J connectivity index is 3.68. The lowest BCUT2D eigenvalue weighted by Gasteiger charge is -2.02. The zero-order chi connectivity index (χ0) is 9.56. The number of hydrogen-bond donors (Lipinski definition) is 1. The normalized spacial score (nSPS) is 8.42. The van der Waals surface area contributed by atoms with Crippen LogP contribution in [0.1, 0.15) is 13.3 Å². The minimum atomic E-state index is -0.556. The maximum absolute atomic E-state index is 10.7. The highest BCUT2D eigenvalue weighted by Crippen LogP contribution is 1.88. The van der Waals surface area contributed by atoms with Gasteiger partial charge in [-0.1, -0.05) is 12.7 Å². The summed E-state index contributed by atoms with van der Waals surface area (Å²) in [6.07, 6.45) is 1.45. The lowest BCUT2D eigenvalue weighted by atomic mass is 10.3. The van der Waals surface area contributed by atoms with E-state index in [4.69, 9.17) is 0 Å². The molecule has 0 radical (unpaired) electrons. The van der Waals surface area contributed by atoms with Gasteiger partial charge in [-0.15, -0.1) is 6.58 Å². The predicted molar refractivity (Wildman–Crippen MR) is 43.9 cm³/mol. The van der Waals surface area contributed by atoms with Gasteiger partial charge in [0.1, 0.15) is 0 Å². The first-order chi connectivity index (χ1) is 5.57. The second-order valence-corrected chi connectivity index (χ2v) is 2.18. The summed E-state index contributed by atoms with van der Waals surface area (Å²) in [6, 6.07) is 0. The number of rotatable bonds is 3. The van der Waals surface area contributed by atoms with E-state index >= 15 is 0 Å². The molecule has 0 aliphatic rings. The van der Waals surface area contributed by atoms with Gasteiger partial charge in [0.15, 0.2) is 0 Å². The summed E-state index contributed by atoms with van der Waals surface area (Å²) in [5.41, 5.74) is 2.21. The van der Waals surface area contributed by atoms with Crippen molar-refractivity contribution in [1.82, 2.24) is 5.48 Å². The molecule has 0 aromatic rings. The van der Waals surface area contributed by atoms with Gasteiger partial charge in [-0.05, 0) is 6.92 Å². The molecule has 0 saturated heterocycles. The first-order valence-corrected chi connectivity index (χ1v) is 3.34. The average molecular weight is 169 g/mol. The highest BCUT2D eigenvalue weighted by atomic mass is 16.7. The zero-order valence-corrected chi connectivity index (χ0v) is 6.92. The van der Waals surface area contributed by atoms with Crippen molar-refractivity contribution in [2.24, 2.45) is 0 Å². The van der Waals surface area contributed by atoms with Gasteiger partial charge in [0.25, 0.3) is 5.91 Å². The number of amides is 1. The smallest absolute Gasteiger partial charge is 0.335 e. The van der Waals surface area contributed by atoms with Gasteiger partial charge in [-0.2, -0.15) is 5.48 Å². The fraction of sp³-hybridized carbons (Fsp3) is 0.250. The molecule has 0 bridgehead atoms. The molecule has 0 saturated carbocycles. The van der Waals surface area contributed by atoms with Crippen molar-refractivity contribution in [3.8, 4) is 0 Å². The molecule has 12 heavy (non-hydrogen) atoms. The van der Waals surface area contributed by atoms with Gasteiger partial charge in [0, 0.05) is 5.57 Å². The Morgan fingerprint density at radius 1 is 1.58 bits per heavy atom. The molecule has 0 unspecified atom stereocenters. The molecule has 0 aromatic carbocycles. The SMILES string of the molecule is C=CCC(=O)ONC(=O)C(=C)C. The molecule has 1 N–H and O–H groups in total. The molecule has 0 rings (SSSR count). The maximum atomic E-state index is 10.7. The molecule has 0 atom stereocenters. The quantitative estimate of drug-likeness (QED) is 0.384. The molecule has 1 amide bonds. The van der Waals surface area contributed by atoms with Crippen molar-refractivity contribution in [2.45, 2.75) is 13.3 Å². The molecule has 0 aliphatic heterocycles. The van der Waals surface area contributed by atoms with Crippen LogP contribution in [0.25, 0.3) is 0 Å². The third-order valence-electron chi connectivity index (χ3n) is 0.956. The van der Waals surface area contributed by atoms with Crippen LogP contribution in [-0.4, -0.2) is 11.9 Å². The number of carbonyl (C=O) groups is 2. The van der Waals surface area contributed by atoms with E-state index in [0.717, 1.165) is 0 Å². The van der Waals surface area contributed by atoms with Crippen LogP contribution < -0.4 is 5.48 Å². The molecular formula is C8H11NO3. The molecule has 66 valence electrons. The fourth-order valence-electron chi connectivity index (χ4n) is 0.350. The Labute approximate surface area is 70.9 Å². The van der Waals surface area contributed by atoms with E-state index < -0.39 is 11.9 Å². The van der Waals surface area contributed by atoms with Crippen LogP contribution in [0.2, 0.25) is 0 Å². The Morgan fingerprint density at radius 3 is 2.58 bits per heavy atom. The summed E-state index contributed by atoms with van der Waals surface area (Å²) < 4.78 is 0. The summed E-state index contributed by atoms with van der Waals surface area (Å²) >= 11 is 0. The standard InChI is InChI=1S/C8H11NO3/c1-4-5-7(10)12-9-8(11)6(2)3/h4H,1-2,5H2,3H3,(H,9,11). The summed E-state index contributed by atoms with van der Waals surface area (Å²) in [5.74, 6) is -1.06. The van der Waals surface area contributed by atoms with E-state index in [1.54, 1.807) is 0 Å². The molecule has 0 heterocycles. The number of hydroxylamine groups is 1. The second kappa shape index (κ2) is 5.12. The topological polar surface area (TPSA) is 55.4 Å². The van der Waals surface area contributed by atoms with E-state index in [1.807, 2.05) is 5.48 Å². The van der Waals surface area contributed by atoms with Crippen LogP contribution in [0.15, 0.2) is 24.8 Å². The molecule has 0 aliphatic carbocycles. The number of carbonyl (C=O) groups excluding carboxylic acids is 2. The van der Waals surface area contributed by atoms with Crippen LogP contribution in [0.3, 0.4) is 0 Å². The molecule has 4 nitrogen and oxygen atoms in total. The van der Waals surface area contributed by atoms with Gasteiger partial charge in [-0.25, -0.2) is 4.79 Å². The highest BCUT2D eigenvalue weighted by molar-refractivity contribution is 5.92. The molecule has 0 aromatic heterocycles. The van der Waals surface area contributed by atoms with Crippen molar-refractivity contribution in [3.63, 3.8) is 0 Å². The van der Waals surface area contributed by atoms with Crippen molar-refractivity contribution < 1.29 is 14.4 Å². The highest BCUT2D eigenvalue weighted by Gasteiger charge is 2.04. The Kier molecular flexibility index (Phi) is 4.45. The fourth-order valence-corrected chi connectivity index (χ4v) is 0.350. The first-order valence-electron chi connectivity index (χ1n) is 3.34. The molecule has 4 heteroatoms. The van der Waals surface area contributed by atoms with E-state index in [-0.39, 0.29) is 12.0 Å². The maximum Gasteiger partial charge on any atom is 0.335 e. The minimum absolute atomic E-state index is 0.0659. The van der Waals surface area contributed by atoms with E-state index in [0.29, 0.717) is 0 Å². The van der Waals surface area contributed by atoms with E-state index in [1.165, 1.54) is 13.0 Å². The Hall–Kier alpha value is -1.58. The third kappa shape index (κ3) is 4.27. The second-order valence-electron chi connectivity index (χ2n) is 2.18. The third-order valence-corrected chi connectivity index (χ3v) is 0.956. The van der Waals surface area contributed by atoms with E-state index in [2.05, 4.69) is 18.0 Å². The Morgan fingerprint density at radius 2 is 2.17 bits per heavy atom. The van der Waals surface area contributed by atoms with Crippen LogP contribution >= 0.6 is 0 Å². The predicted octanol–water partition coefficient (Wildman–Crippen LogP) is 0.713. The van der Waals surface area contributed by atoms with Crippen molar-refractivity contribution in [1.29, 1.82) is 0 Å². The largest absolute Gasteiger partial charge is 0.340 e. The minimum Gasteiger partial charge on any atom is -0.340 e. The summed E-state index contributed by atoms with van der Waals surface area (Å²) in [6.45, 7) is 8.20. The number of nitrogens with one attached hydrogen (secondary N) is 1. The van der Waals surface area contributed by atoms with Gasteiger partial charge in [0.05, 0.1) is 6.42 Å². The molecule has 0 fully saturated rings. The first kappa shape index (κ1) is 10.4. The monoisotopic (exact) mass is 169 g/mol. The van der Waals surface area contributed by atoms with Crippen molar-refractivity contribution in [2.75, 3.05) is 0 Å². The molecular weight excluding hydrogens is 158 g/mol. The van der Waals surface area contributed by atoms with Crippen LogP contribution in [-0.2, 0) is 14.4 Å². The van der Waals surface area contributed by atoms with Crippen LogP contribution in [0.5, 0.6) is 0 Å². The molecule has 0 spiro atoms. The van der Waals surface area contributed by atoms with Gasteiger partial charge >= 0.3 is 5.97 Å². The Bertz CT molecular complexity index is 220.